The molecule has 1 aromatic rings. The number of rotatable bonds is 5. The average molecular weight is 358 g/mol. The predicted octanol–water partition coefficient (Wildman–Crippen LogP) is 2.36. The molecule has 0 spiro atoms. The minimum atomic E-state index is -2.99. The number of nitrogens with zero attached hydrogens (tertiary/aromatic N) is 2. The number of fused-ring (bicyclic) bond motifs is 1. The van der Waals surface area contributed by atoms with Crippen LogP contribution in [0.4, 0.5) is 5.82 Å². The van der Waals surface area contributed by atoms with Crippen LogP contribution >= 0.6 is 11.8 Å². The Morgan fingerprint density at radius 1 is 1.39 bits per heavy atom. The lowest BCUT2D eigenvalue weighted by atomic mass is 10.0. The molecule has 1 atom stereocenters. The Balaban J connectivity index is 1.91. The van der Waals surface area contributed by atoms with Crippen LogP contribution in [0.1, 0.15) is 50.4 Å². The van der Waals surface area contributed by atoms with E-state index in [-0.39, 0.29) is 29.4 Å². The first-order chi connectivity index (χ1) is 10.9. The summed E-state index contributed by atoms with van der Waals surface area (Å²) in [6, 6.07) is -0.160. The first-order valence-corrected chi connectivity index (χ1v) is 11.1. The van der Waals surface area contributed by atoms with Gasteiger partial charge < -0.3 is 5.32 Å². The van der Waals surface area contributed by atoms with Crippen molar-refractivity contribution in [2.24, 2.45) is 5.92 Å². The van der Waals surface area contributed by atoms with Crippen molar-refractivity contribution in [2.45, 2.75) is 50.7 Å². The van der Waals surface area contributed by atoms with Crippen LogP contribution in [0.5, 0.6) is 0 Å². The van der Waals surface area contributed by atoms with Gasteiger partial charge in [0.1, 0.15) is 5.82 Å². The van der Waals surface area contributed by atoms with Gasteiger partial charge in [0, 0.05) is 23.0 Å². The lowest BCUT2D eigenvalue weighted by Gasteiger charge is -2.18. The fourth-order valence-corrected chi connectivity index (χ4v) is 6.00. The van der Waals surface area contributed by atoms with Crippen LogP contribution < -0.4 is 5.32 Å². The van der Waals surface area contributed by atoms with Gasteiger partial charge in [0.2, 0.25) is 5.91 Å². The molecule has 8 heteroatoms. The molecule has 1 N–H and O–H groups in total. The van der Waals surface area contributed by atoms with Gasteiger partial charge in [-0.1, -0.05) is 13.8 Å². The molecule has 0 aromatic carbocycles. The van der Waals surface area contributed by atoms with Crippen molar-refractivity contribution < 1.29 is 13.2 Å². The van der Waals surface area contributed by atoms with Gasteiger partial charge in [0.05, 0.1) is 23.2 Å². The molecule has 1 unspecified atom stereocenters. The van der Waals surface area contributed by atoms with Gasteiger partial charge in [-0.15, -0.1) is 0 Å². The van der Waals surface area contributed by atoms with Gasteiger partial charge in [0.15, 0.2) is 9.84 Å². The Morgan fingerprint density at radius 3 is 2.74 bits per heavy atom. The molecule has 0 bridgehead atoms. The smallest absolute Gasteiger partial charge is 0.228 e. The van der Waals surface area contributed by atoms with E-state index in [2.05, 4.69) is 10.4 Å². The number of anilines is 1. The number of carbonyl (C=O) groups excluding carboxylic acids is 1. The van der Waals surface area contributed by atoms with Crippen LogP contribution in [0.2, 0.25) is 0 Å². The van der Waals surface area contributed by atoms with E-state index in [1.54, 1.807) is 16.4 Å². The molecule has 1 amide bonds. The highest BCUT2D eigenvalue weighted by Crippen LogP contribution is 2.38. The Hall–Kier alpha value is -1.02. The fraction of sp³-hybridized carbons (Fsp3) is 0.733. The van der Waals surface area contributed by atoms with Crippen LogP contribution in [-0.4, -0.2) is 35.6 Å². The molecule has 6 nitrogen and oxygen atoms in total. The number of thioether (sulfide) groups is 1. The van der Waals surface area contributed by atoms with Gasteiger partial charge >= 0.3 is 0 Å². The third-order valence-electron chi connectivity index (χ3n) is 4.73. The lowest BCUT2D eigenvalue weighted by Crippen LogP contribution is -2.25. The van der Waals surface area contributed by atoms with E-state index >= 15 is 0 Å². The van der Waals surface area contributed by atoms with Gasteiger partial charge in [-0.05, 0) is 19.3 Å². The number of hydrogen-bond acceptors (Lipinski definition) is 5. The minimum Gasteiger partial charge on any atom is -0.310 e. The summed E-state index contributed by atoms with van der Waals surface area (Å²) in [5, 5.41) is 7.67. The number of carbonyl (C=O) groups is 1. The zero-order chi connectivity index (χ0) is 16.6. The Morgan fingerprint density at radius 2 is 2.13 bits per heavy atom. The molecule has 0 radical (unpaired) electrons. The number of hydrogen-bond donors (Lipinski definition) is 1. The highest BCUT2D eigenvalue weighted by molar-refractivity contribution is 7.98. The van der Waals surface area contributed by atoms with Crippen molar-refractivity contribution in [3.05, 3.63) is 11.3 Å². The maximum absolute atomic E-state index is 12.5. The summed E-state index contributed by atoms with van der Waals surface area (Å²) in [4.78, 5) is 12.5. The predicted molar refractivity (Wildman–Crippen MR) is 92.2 cm³/mol. The van der Waals surface area contributed by atoms with E-state index < -0.39 is 9.84 Å². The van der Waals surface area contributed by atoms with Crippen molar-refractivity contribution in [3.8, 4) is 0 Å². The van der Waals surface area contributed by atoms with Crippen molar-refractivity contribution in [3.63, 3.8) is 0 Å². The standard InChI is InChI=1S/C15H23N3O3S2/c1-3-10(4-2)15(19)16-14-12-7-22-8-13(12)17-18(14)11-5-6-23(20,21)9-11/h10-11H,3-9H2,1-2H3,(H,16,19). The molecule has 3 heterocycles. The Labute approximate surface area is 141 Å². The summed E-state index contributed by atoms with van der Waals surface area (Å²) >= 11 is 1.78. The normalized spacial score (nSPS) is 22.5. The molecular weight excluding hydrogens is 334 g/mol. The molecule has 3 rings (SSSR count). The van der Waals surface area contributed by atoms with Crippen LogP contribution in [-0.2, 0) is 26.1 Å². The number of nitrogens with one attached hydrogen (secondary N) is 1. The third-order valence-corrected chi connectivity index (χ3v) is 7.45. The Kier molecular flexibility index (Phi) is 4.73. The van der Waals surface area contributed by atoms with Crippen LogP contribution in [0.25, 0.3) is 0 Å². The Bertz CT molecular complexity index is 708. The lowest BCUT2D eigenvalue weighted by molar-refractivity contribution is -0.120. The second kappa shape index (κ2) is 6.47. The summed E-state index contributed by atoms with van der Waals surface area (Å²) in [5.74, 6) is 2.70. The average Bonchev–Trinajstić information content (AvgIpc) is 3.16. The van der Waals surface area contributed by atoms with Gasteiger partial charge in [-0.2, -0.15) is 16.9 Å². The molecule has 23 heavy (non-hydrogen) atoms. The highest BCUT2D eigenvalue weighted by atomic mass is 32.2. The molecular formula is C15H23N3O3S2. The summed E-state index contributed by atoms with van der Waals surface area (Å²) < 4.78 is 25.4. The van der Waals surface area contributed by atoms with E-state index in [9.17, 15) is 13.2 Å². The summed E-state index contributed by atoms with van der Waals surface area (Å²) in [6.07, 6.45) is 2.17. The molecule has 1 aromatic heterocycles. The molecule has 128 valence electrons. The van der Waals surface area contributed by atoms with Crippen molar-refractivity contribution in [2.75, 3.05) is 16.8 Å². The summed E-state index contributed by atoms with van der Waals surface area (Å²) in [7, 11) is -2.99. The maximum Gasteiger partial charge on any atom is 0.228 e. The van der Waals surface area contributed by atoms with Gasteiger partial charge in [-0.3, -0.25) is 4.79 Å². The number of amides is 1. The monoisotopic (exact) mass is 357 g/mol. The van der Waals surface area contributed by atoms with Crippen LogP contribution in [0, 0.1) is 5.92 Å². The molecule has 2 aliphatic rings. The highest BCUT2D eigenvalue weighted by Gasteiger charge is 2.34. The first kappa shape index (κ1) is 16.8. The molecule has 1 saturated heterocycles. The van der Waals surface area contributed by atoms with Crippen LogP contribution in [0.3, 0.4) is 0 Å². The zero-order valence-electron chi connectivity index (χ0n) is 13.5. The minimum absolute atomic E-state index is 0.0108. The van der Waals surface area contributed by atoms with Gasteiger partial charge in [-0.25, -0.2) is 13.1 Å². The summed E-state index contributed by atoms with van der Waals surface area (Å²) in [6.45, 7) is 4.02. The topological polar surface area (TPSA) is 81.1 Å². The molecule has 0 aliphatic carbocycles. The molecule has 1 fully saturated rings. The second-order valence-electron chi connectivity index (χ2n) is 6.27. The van der Waals surface area contributed by atoms with Gasteiger partial charge in [0.25, 0.3) is 0 Å². The van der Waals surface area contributed by atoms with Crippen molar-refractivity contribution in [1.82, 2.24) is 9.78 Å². The van der Waals surface area contributed by atoms with Crippen molar-refractivity contribution >= 4 is 33.3 Å². The van der Waals surface area contributed by atoms with E-state index in [1.165, 1.54) is 0 Å². The third kappa shape index (κ3) is 3.28. The quantitative estimate of drug-likeness (QED) is 0.875. The van der Waals surface area contributed by atoms with E-state index in [0.717, 1.165) is 41.4 Å². The molecule has 0 saturated carbocycles. The largest absolute Gasteiger partial charge is 0.310 e. The van der Waals surface area contributed by atoms with Crippen LogP contribution in [0.15, 0.2) is 0 Å². The number of sulfone groups is 1. The zero-order valence-corrected chi connectivity index (χ0v) is 15.2. The van der Waals surface area contributed by atoms with E-state index in [4.69, 9.17) is 0 Å². The van der Waals surface area contributed by atoms with Crippen molar-refractivity contribution in [1.29, 1.82) is 0 Å². The maximum atomic E-state index is 12.5. The van der Waals surface area contributed by atoms with E-state index in [0.29, 0.717) is 6.42 Å². The molecule has 2 aliphatic heterocycles. The second-order valence-corrected chi connectivity index (χ2v) is 9.49. The summed E-state index contributed by atoms with van der Waals surface area (Å²) in [5.41, 5.74) is 2.05. The first-order valence-electron chi connectivity index (χ1n) is 8.14. The number of aromatic nitrogens is 2. The SMILES string of the molecule is CCC(CC)C(=O)Nc1c2c(nn1C1CCS(=O)(=O)C1)CSC2. The fourth-order valence-electron chi connectivity index (χ4n) is 3.28. The van der Waals surface area contributed by atoms with E-state index in [1.807, 2.05) is 13.8 Å².